The van der Waals surface area contributed by atoms with E-state index in [1.54, 1.807) is 0 Å². The molecule has 0 saturated heterocycles. The van der Waals surface area contributed by atoms with Crippen LogP contribution in [-0.4, -0.2) is 14.9 Å². The van der Waals surface area contributed by atoms with Crippen LogP contribution in [0.15, 0.2) is 42.6 Å². The van der Waals surface area contributed by atoms with Gasteiger partial charge in [0.1, 0.15) is 0 Å². The zero-order chi connectivity index (χ0) is 14.2. The average Bonchev–Trinajstić information content (AvgIpc) is 2.98. The predicted octanol–water partition coefficient (Wildman–Crippen LogP) is 4.27. The number of hydrogen-bond acceptors (Lipinski definition) is 2. The number of para-hydroxylation sites is 1. The van der Waals surface area contributed by atoms with Crippen molar-refractivity contribution in [3.63, 3.8) is 0 Å². The quantitative estimate of drug-likeness (QED) is 0.729. The molecule has 0 aliphatic heterocycles. The highest BCUT2D eigenvalue weighted by molar-refractivity contribution is 5.30. The zero-order valence-electron chi connectivity index (χ0n) is 12.2. The number of unbranched alkanes of at least 4 members (excludes halogenated alkanes) is 4. The van der Waals surface area contributed by atoms with Crippen molar-refractivity contribution < 1.29 is 5.11 Å². The van der Waals surface area contributed by atoms with E-state index in [0.717, 1.165) is 24.2 Å². The molecule has 0 spiro atoms. The standard InChI is InChI=1S/C17H24N2O/c1-2-3-4-5-9-12-17(20)16-13-14-19(18-16)15-10-7-6-8-11-15/h6-8,10-11,13-14,17,20H,2-5,9,12H2,1H3. The van der Waals surface area contributed by atoms with Crippen LogP contribution >= 0.6 is 0 Å². The lowest BCUT2D eigenvalue weighted by atomic mass is 10.1. The summed E-state index contributed by atoms with van der Waals surface area (Å²) in [6.45, 7) is 2.21. The molecule has 0 saturated carbocycles. The van der Waals surface area contributed by atoms with Gasteiger partial charge in [-0.2, -0.15) is 5.10 Å². The summed E-state index contributed by atoms with van der Waals surface area (Å²) in [6.07, 6.45) is 8.34. The van der Waals surface area contributed by atoms with Crippen molar-refractivity contribution in [2.45, 2.75) is 51.6 Å². The van der Waals surface area contributed by atoms with Gasteiger partial charge in [0.05, 0.1) is 17.5 Å². The van der Waals surface area contributed by atoms with E-state index in [1.807, 2.05) is 47.3 Å². The normalized spacial score (nSPS) is 12.5. The highest BCUT2D eigenvalue weighted by Gasteiger charge is 2.11. The maximum atomic E-state index is 10.2. The van der Waals surface area contributed by atoms with Gasteiger partial charge in [-0.3, -0.25) is 0 Å². The van der Waals surface area contributed by atoms with E-state index in [2.05, 4.69) is 12.0 Å². The van der Waals surface area contributed by atoms with Gasteiger partial charge in [-0.1, -0.05) is 57.2 Å². The zero-order valence-corrected chi connectivity index (χ0v) is 12.2. The summed E-state index contributed by atoms with van der Waals surface area (Å²) in [5.41, 5.74) is 1.79. The molecule has 2 rings (SSSR count). The Balaban J connectivity index is 1.85. The molecule has 0 aliphatic carbocycles. The molecule has 0 amide bonds. The number of aliphatic hydroxyl groups excluding tert-OH is 1. The van der Waals surface area contributed by atoms with Crippen molar-refractivity contribution in [2.75, 3.05) is 0 Å². The SMILES string of the molecule is CCCCCCCC(O)c1ccn(-c2ccccc2)n1. The first-order chi connectivity index (χ1) is 9.81. The first-order valence-corrected chi connectivity index (χ1v) is 7.60. The molecular weight excluding hydrogens is 248 g/mol. The summed E-state index contributed by atoms with van der Waals surface area (Å²) in [5.74, 6) is 0. The molecule has 1 aromatic heterocycles. The van der Waals surface area contributed by atoms with Crippen molar-refractivity contribution in [3.8, 4) is 5.69 Å². The summed E-state index contributed by atoms with van der Waals surface area (Å²) in [6, 6.07) is 11.9. The molecule has 108 valence electrons. The van der Waals surface area contributed by atoms with E-state index in [-0.39, 0.29) is 0 Å². The molecule has 20 heavy (non-hydrogen) atoms. The Hall–Kier alpha value is -1.61. The molecule has 1 unspecified atom stereocenters. The summed E-state index contributed by atoms with van der Waals surface area (Å²) in [4.78, 5) is 0. The minimum absolute atomic E-state index is 0.443. The fraction of sp³-hybridized carbons (Fsp3) is 0.471. The van der Waals surface area contributed by atoms with Gasteiger partial charge in [-0.15, -0.1) is 0 Å². The third-order valence-electron chi connectivity index (χ3n) is 3.55. The molecule has 1 atom stereocenters. The van der Waals surface area contributed by atoms with Crippen molar-refractivity contribution >= 4 is 0 Å². The summed E-state index contributed by atoms with van der Waals surface area (Å²) in [5, 5.41) is 14.6. The Morgan fingerprint density at radius 2 is 1.80 bits per heavy atom. The Morgan fingerprint density at radius 1 is 1.05 bits per heavy atom. The molecule has 1 aromatic carbocycles. The molecule has 0 bridgehead atoms. The fourth-order valence-electron chi connectivity index (χ4n) is 2.33. The fourth-order valence-corrected chi connectivity index (χ4v) is 2.33. The first kappa shape index (κ1) is 14.8. The van der Waals surface area contributed by atoms with Gasteiger partial charge in [0.2, 0.25) is 0 Å². The van der Waals surface area contributed by atoms with E-state index >= 15 is 0 Å². The second kappa shape index (κ2) is 7.85. The lowest BCUT2D eigenvalue weighted by Crippen LogP contribution is -2.01. The van der Waals surface area contributed by atoms with Crippen LogP contribution in [0.5, 0.6) is 0 Å². The number of benzene rings is 1. The highest BCUT2D eigenvalue weighted by atomic mass is 16.3. The smallest absolute Gasteiger partial charge is 0.0978 e. The second-order valence-electron chi connectivity index (χ2n) is 5.24. The Bertz CT molecular complexity index is 493. The summed E-state index contributed by atoms with van der Waals surface area (Å²) < 4.78 is 1.82. The number of aliphatic hydroxyl groups is 1. The maximum absolute atomic E-state index is 10.2. The molecule has 2 aromatic rings. The molecule has 0 radical (unpaired) electrons. The Labute approximate surface area is 121 Å². The van der Waals surface area contributed by atoms with Crippen LogP contribution in [0.3, 0.4) is 0 Å². The minimum Gasteiger partial charge on any atom is -0.387 e. The van der Waals surface area contributed by atoms with Gasteiger partial charge in [-0.05, 0) is 24.6 Å². The Morgan fingerprint density at radius 3 is 2.55 bits per heavy atom. The summed E-state index contributed by atoms with van der Waals surface area (Å²) >= 11 is 0. The molecule has 3 nitrogen and oxygen atoms in total. The first-order valence-electron chi connectivity index (χ1n) is 7.60. The van der Waals surface area contributed by atoms with Crippen molar-refractivity contribution in [3.05, 3.63) is 48.3 Å². The van der Waals surface area contributed by atoms with Crippen molar-refractivity contribution in [1.82, 2.24) is 9.78 Å². The average molecular weight is 272 g/mol. The van der Waals surface area contributed by atoms with E-state index in [9.17, 15) is 5.11 Å². The van der Waals surface area contributed by atoms with Gasteiger partial charge >= 0.3 is 0 Å². The number of rotatable bonds is 8. The van der Waals surface area contributed by atoms with Gasteiger partial charge in [0.25, 0.3) is 0 Å². The largest absolute Gasteiger partial charge is 0.387 e. The van der Waals surface area contributed by atoms with Crippen molar-refractivity contribution in [1.29, 1.82) is 0 Å². The maximum Gasteiger partial charge on any atom is 0.0978 e. The predicted molar refractivity (Wildman–Crippen MR) is 81.9 cm³/mol. The second-order valence-corrected chi connectivity index (χ2v) is 5.24. The molecule has 0 aliphatic rings. The minimum atomic E-state index is -0.443. The highest BCUT2D eigenvalue weighted by Crippen LogP contribution is 2.19. The molecule has 1 N–H and O–H groups in total. The molecule has 3 heteroatoms. The van der Waals surface area contributed by atoms with Crippen LogP contribution in [-0.2, 0) is 0 Å². The lowest BCUT2D eigenvalue weighted by molar-refractivity contribution is 0.158. The van der Waals surface area contributed by atoms with Crippen LogP contribution in [0, 0.1) is 0 Å². The number of aromatic nitrogens is 2. The number of nitrogens with zero attached hydrogens (tertiary/aromatic N) is 2. The Kier molecular flexibility index (Phi) is 5.81. The van der Waals surface area contributed by atoms with Crippen LogP contribution in [0.25, 0.3) is 5.69 Å². The molecular formula is C17H24N2O. The third kappa shape index (κ3) is 4.20. The van der Waals surface area contributed by atoms with Crippen LogP contribution in [0.4, 0.5) is 0 Å². The van der Waals surface area contributed by atoms with Gasteiger partial charge < -0.3 is 5.11 Å². The lowest BCUT2D eigenvalue weighted by Gasteiger charge is -2.07. The van der Waals surface area contributed by atoms with Gasteiger partial charge in [0, 0.05) is 6.20 Å². The van der Waals surface area contributed by atoms with Crippen molar-refractivity contribution in [2.24, 2.45) is 0 Å². The van der Waals surface area contributed by atoms with Crippen LogP contribution in [0.2, 0.25) is 0 Å². The monoisotopic (exact) mass is 272 g/mol. The van der Waals surface area contributed by atoms with Gasteiger partial charge in [0.15, 0.2) is 0 Å². The number of hydrogen-bond donors (Lipinski definition) is 1. The summed E-state index contributed by atoms with van der Waals surface area (Å²) in [7, 11) is 0. The molecule has 1 heterocycles. The van der Waals surface area contributed by atoms with Crippen LogP contribution < -0.4 is 0 Å². The van der Waals surface area contributed by atoms with E-state index < -0.39 is 6.10 Å². The topological polar surface area (TPSA) is 38.0 Å². The van der Waals surface area contributed by atoms with E-state index in [4.69, 9.17) is 0 Å². The van der Waals surface area contributed by atoms with E-state index in [0.29, 0.717) is 0 Å². The van der Waals surface area contributed by atoms with Gasteiger partial charge in [-0.25, -0.2) is 4.68 Å². The van der Waals surface area contributed by atoms with Crippen LogP contribution in [0.1, 0.15) is 57.2 Å². The molecule has 0 fully saturated rings. The third-order valence-corrected chi connectivity index (χ3v) is 3.55. The van der Waals surface area contributed by atoms with E-state index in [1.165, 1.54) is 25.7 Å².